The van der Waals surface area contributed by atoms with Crippen molar-refractivity contribution >= 4 is 29.4 Å². The van der Waals surface area contributed by atoms with Crippen LogP contribution in [0.25, 0.3) is 0 Å². The van der Waals surface area contributed by atoms with Crippen LogP contribution >= 0.6 is 23.5 Å². The highest BCUT2D eigenvalue weighted by Crippen LogP contribution is 2.45. The summed E-state index contributed by atoms with van der Waals surface area (Å²) >= 11 is 3.92. The van der Waals surface area contributed by atoms with E-state index < -0.39 is 0 Å². The third kappa shape index (κ3) is 5.17. The second kappa shape index (κ2) is 9.33. The van der Waals surface area contributed by atoms with Gasteiger partial charge in [-0.15, -0.1) is 23.5 Å². The molecule has 3 nitrogen and oxygen atoms in total. The number of hydrogen-bond donors (Lipinski definition) is 0. The zero-order valence-electron chi connectivity index (χ0n) is 14.7. The predicted molar refractivity (Wildman–Crippen MR) is 108 cm³/mol. The number of carbonyl (C=O) groups excluding carboxylic acids is 1. The third-order valence-electron chi connectivity index (χ3n) is 4.12. The molecule has 1 fully saturated rings. The molecule has 0 N–H and O–H groups in total. The molecule has 1 aliphatic rings. The molecule has 0 unspecified atom stereocenters. The van der Waals surface area contributed by atoms with Gasteiger partial charge in [-0.05, 0) is 48.4 Å². The summed E-state index contributed by atoms with van der Waals surface area (Å²) in [6.45, 7) is 1.09. The van der Waals surface area contributed by atoms with E-state index in [1.165, 1.54) is 29.2 Å². The predicted octanol–water partition coefficient (Wildman–Crippen LogP) is 4.85. The van der Waals surface area contributed by atoms with Gasteiger partial charge >= 0.3 is 0 Å². The number of hydrogen-bond acceptors (Lipinski definition) is 4. The molecule has 3 rings (SSSR count). The number of thioether (sulfide) groups is 2. The van der Waals surface area contributed by atoms with Crippen molar-refractivity contribution < 1.29 is 13.9 Å². The standard InChI is InChI=1S/C20H22FNO2S2/c1-22(11-2-12-24-18-9-7-17(21)8-10-18)19(23)15-3-5-16(6-4-15)20-25-13-14-26-20/h3-10,20H,2,11-14H2,1H3. The summed E-state index contributed by atoms with van der Waals surface area (Å²) in [4.78, 5) is 14.2. The first-order valence-electron chi connectivity index (χ1n) is 8.60. The molecule has 0 bridgehead atoms. The number of ether oxygens (including phenoxy) is 1. The van der Waals surface area contributed by atoms with Crippen molar-refractivity contribution in [3.05, 3.63) is 65.5 Å². The van der Waals surface area contributed by atoms with E-state index in [4.69, 9.17) is 4.74 Å². The maximum atomic E-state index is 12.8. The van der Waals surface area contributed by atoms with E-state index in [1.807, 2.05) is 35.7 Å². The molecule has 0 aliphatic carbocycles. The third-order valence-corrected chi connectivity index (χ3v) is 7.22. The van der Waals surface area contributed by atoms with Crippen molar-refractivity contribution in [2.75, 3.05) is 31.7 Å². The fraction of sp³-hybridized carbons (Fsp3) is 0.350. The number of nitrogens with zero attached hydrogens (tertiary/aromatic N) is 1. The lowest BCUT2D eigenvalue weighted by atomic mass is 10.1. The van der Waals surface area contributed by atoms with Crippen LogP contribution in [-0.2, 0) is 0 Å². The van der Waals surface area contributed by atoms with Gasteiger partial charge in [0.1, 0.15) is 11.6 Å². The van der Waals surface area contributed by atoms with E-state index >= 15 is 0 Å². The summed E-state index contributed by atoms with van der Waals surface area (Å²) < 4.78 is 18.9. The van der Waals surface area contributed by atoms with Crippen LogP contribution in [0.15, 0.2) is 48.5 Å². The Morgan fingerprint density at radius 1 is 1.12 bits per heavy atom. The van der Waals surface area contributed by atoms with Gasteiger partial charge in [0.25, 0.3) is 5.91 Å². The smallest absolute Gasteiger partial charge is 0.253 e. The average Bonchev–Trinajstić information content (AvgIpc) is 3.21. The molecular weight excluding hydrogens is 369 g/mol. The van der Waals surface area contributed by atoms with E-state index in [-0.39, 0.29) is 11.7 Å². The Morgan fingerprint density at radius 2 is 1.77 bits per heavy atom. The lowest BCUT2D eigenvalue weighted by Gasteiger charge is -2.18. The van der Waals surface area contributed by atoms with Crippen molar-refractivity contribution in [2.45, 2.75) is 11.0 Å². The Labute approximate surface area is 162 Å². The topological polar surface area (TPSA) is 29.5 Å². The van der Waals surface area contributed by atoms with Crippen molar-refractivity contribution in [1.82, 2.24) is 4.90 Å². The first-order valence-corrected chi connectivity index (χ1v) is 10.7. The maximum absolute atomic E-state index is 12.8. The Morgan fingerprint density at radius 3 is 2.42 bits per heavy atom. The molecule has 138 valence electrons. The molecule has 2 aromatic rings. The lowest BCUT2D eigenvalue weighted by Crippen LogP contribution is -2.28. The molecule has 26 heavy (non-hydrogen) atoms. The zero-order valence-corrected chi connectivity index (χ0v) is 16.3. The summed E-state index contributed by atoms with van der Waals surface area (Å²) in [6.07, 6.45) is 0.715. The summed E-state index contributed by atoms with van der Waals surface area (Å²) in [5.74, 6) is 2.76. The van der Waals surface area contributed by atoms with Crippen LogP contribution in [0.3, 0.4) is 0 Å². The normalized spacial score (nSPS) is 14.4. The Bertz CT molecular complexity index is 716. The highest BCUT2D eigenvalue weighted by molar-refractivity contribution is 8.19. The minimum atomic E-state index is -0.279. The van der Waals surface area contributed by atoms with E-state index in [2.05, 4.69) is 12.1 Å². The van der Waals surface area contributed by atoms with E-state index in [0.29, 0.717) is 35.5 Å². The summed E-state index contributed by atoms with van der Waals surface area (Å²) in [6, 6.07) is 13.9. The quantitative estimate of drug-likeness (QED) is 0.632. The van der Waals surface area contributed by atoms with Crippen molar-refractivity contribution in [2.24, 2.45) is 0 Å². The SMILES string of the molecule is CN(CCCOc1ccc(F)cc1)C(=O)c1ccc(C2SCCS2)cc1. The second-order valence-electron chi connectivity index (χ2n) is 6.08. The highest BCUT2D eigenvalue weighted by atomic mass is 32.2. The molecule has 0 aromatic heterocycles. The first-order chi connectivity index (χ1) is 12.6. The number of carbonyl (C=O) groups is 1. The molecular formula is C20H22FNO2S2. The lowest BCUT2D eigenvalue weighted by molar-refractivity contribution is 0.0788. The molecule has 1 heterocycles. The van der Waals surface area contributed by atoms with E-state index in [1.54, 1.807) is 24.1 Å². The van der Waals surface area contributed by atoms with Crippen LogP contribution in [0.4, 0.5) is 4.39 Å². The van der Waals surface area contributed by atoms with Crippen LogP contribution in [0.2, 0.25) is 0 Å². The molecule has 6 heteroatoms. The van der Waals surface area contributed by atoms with Crippen molar-refractivity contribution in [3.8, 4) is 5.75 Å². The highest BCUT2D eigenvalue weighted by Gasteiger charge is 2.19. The fourth-order valence-corrected chi connectivity index (χ4v) is 5.54. The van der Waals surface area contributed by atoms with Crippen LogP contribution < -0.4 is 4.74 Å². The number of rotatable bonds is 7. The molecule has 1 amide bonds. The van der Waals surface area contributed by atoms with Gasteiger partial charge in [0.2, 0.25) is 0 Å². The first kappa shape index (κ1) is 19.1. The Kier molecular flexibility index (Phi) is 6.86. The van der Waals surface area contributed by atoms with E-state index in [0.717, 1.165) is 0 Å². The van der Waals surface area contributed by atoms with Gasteiger partial charge in [0.05, 0.1) is 11.2 Å². The molecule has 1 saturated heterocycles. The molecule has 1 aliphatic heterocycles. The largest absolute Gasteiger partial charge is 0.494 e. The molecule has 2 aromatic carbocycles. The number of halogens is 1. The zero-order chi connectivity index (χ0) is 18.4. The van der Waals surface area contributed by atoms with Crippen LogP contribution in [0, 0.1) is 5.82 Å². The van der Waals surface area contributed by atoms with E-state index in [9.17, 15) is 9.18 Å². The van der Waals surface area contributed by atoms with Gasteiger partial charge < -0.3 is 9.64 Å². The van der Waals surface area contributed by atoms with Gasteiger partial charge in [-0.2, -0.15) is 0 Å². The molecule has 0 spiro atoms. The Balaban J connectivity index is 1.44. The minimum Gasteiger partial charge on any atom is -0.494 e. The average molecular weight is 392 g/mol. The summed E-state index contributed by atoms with van der Waals surface area (Å²) in [5, 5.41) is 0. The molecule has 0 radical (unpaired) electrons. The Hall–Kier alpha value is -1.66. The van der Waals surface area contributed by atoms with Crippen molar-refractivity contribution in [1.29, 1.82) is 0 Å². The fourth-order valence-electron chi connectivity index (χ4n) is 2.68. The monoisotopic (exact) mass is 391 g/mol. The maximum Gasteiger partial charge on any atom is 0.253 e. The van der Waals surface area contributed by atoms with Crippen molar-refractivity contribution in [3.63, 3.8) is 0 Å². The van der Waals surface area contributed by atoms with Crippen LogP contribution in [0.1, 0.15) is 26.9 Å². The number of benzene rings is 2. The van der Waals surface area contributed by atoms with Crippen LogP contribution in [0.5, 0.6) is 5.75 Å². The minimum absolute atomic E-state index is 0.0186. The molecule has 0 saturated carbocycles. The van der Waals surface area contributed by atoms with Gasteiger partial charge in [0.15, 0.2) is 0 Å². The molecule has 0 atom stereocenters. The van der Waals surface area contributed by atoms with Gasteiger partial charge in [0, 0.05) is 30.7 Å². The number of amides is 1. The second-order valence-corrected chi connectivity index (χ2v) is 8.80. The van der Waals surface area contributed by atoms with Crippen LogP contribution in [-0.4, -0.2) is 42.5 Å². The van der Waals surface area contributed by atoms with Gasteiger partial charge in [-0.3, -0.25) is 4.79 Å². The summed E-state index contributed by atoms with van der Waals surface area (Å²) in [7, 11) is 1.80. The van der Waals surface area contributed by atoms with Gasteiger partial charge in [-0.25, -0.2) is 4.39 Å². The summed E-state index contributed by atoms with van der Waals surface area (Å²) in [5.41, 5.74) is 1.99. The van der Waals surface area contributed by atoms with Gasteiger partial charge in [-0.1, -0.05) is 12.1 Å².